The van der Waals surface area contributed by atoms with E-state index >= 15 is 0 Å². The maximum atomic E-state index is 12.0. The monoisotopic (exact) mass is 421 g/mol. The summed E-state index contributed by atoms with van der Waals surface area (Å²) in [5.41, 5.74) is 3.31. The van der Waals surface area contributed by atoms with E-state index in [0.717, 1.165) is 86.5 Å². The van der Waals surface area contributed by atoms with E-state index < -0.39 is 0 Å². The standard InChI is InChI=1S/C25H35N5O/c1-5-11-21(6-2)26-17-23-18(3)27-25(30-14-9-10-15-30)29-24(23)28-22-13-8-7-12-20(16-22)19(4)31/h8,13,16-17,21H,5-7,9-12,14-15H2,1-4H3. The highest BCUT2D eigenvalue weighted by molar-refractivity contribution is 6.11. The fourth-order valence-corrected chi connectivity index (χ4v) is 3.96. The molecule has 2 aliphatic rings. The number of aryl methyl sites for hydroxylation is 1. The van der Waals surface area contributed by atoms with Crippen LogP contribution in [0.4, 0.5) is 11.8 Å². The van der Waals surface area contributed by atoms with Crippen LogP contribution < -0.4 is 4.90 Å². The molecular formula is C25H35N5O. The second-order valence-corrected chi connectivity index (χ2v) is 8.37. The van der Waals surface area contributed by atoms with Gasteiger partial charge in [-0.2, -0.15) is 4.98 Å². The van der Waals surface area contributed by atoms with Gasteiger partial charge in [0.2, 0.25) is 5.95 Å². The Labute approximate surface area is 186 Å². The molecule has 1 saturated heterocycles. The van der Waals surface area contributed by atoms with Gasteiger partial charge < -0.3 is 4.90 Å². The average Bonchev–Trinajstić information content (AvgIpc) is 3.18. The van der Waals surface area contributed by atoms with Crippen LogP contribution in [0.2, 0.25) is 0 Å². The average molecular weight is 422 g/mol. The Kier molecular flexibility index (Phi) is 8.27. The quantitative estimate of drug-likeness (QED) is 0.533. The van der Waals surface area contributed by atoms with Crippen LogP contribution in [0.1, 0.15) is 77.0 Å². The van der Waals surface area contributed by atoms with Crippen molar-refractivity contribution in [2.75, 3.05) is 18.0 Å². The van der Waals surface area contributed by atoms with Gasteiger partial charge in [-0.25, -0.2) is 9.98 Å². The Morgan fingerprint density at radius 3 is 2.71 bits per heavy atom. The van der Waals surface area contributed by atoms with Crippen LogP contribution in [0.15, 0.2) is 33.8 Å². The number of rotatable bonds is 8. The minimum absolute atomic E-state index is 0.0974. The van der Waals surface area contributed by atoms with Gasteiger partial charge in [0.15, 0.2) is 11.6 Å². The fraction of sp³-hybridized carbons (Fsp3) is 0.560. The molecule has 31 heavy (non-hydrogen) atoms. The minimum Gasteiger partial charge on any atom is -0.341 e. The fourth-order valence-electron chi connectivity index (χ4n) is 3.96. The summed E-state index contributed by atoms with van der Waals surface area (Å²) in [7, 11) is 0. The predicted molar refractivity (Wildman–Crippen MR) is 129 cm³/mol. The third-order valence-electron chi connectivity index (χ3n) is 5.88. The van der Waals surface area contributed by atoms with Crippen molar-refractivity contribution < 1.29 is 4.79 Å². The van der Waals surface area contributed by atoms with Crippen LogP contribution in [0.5, 0.6) is 0 Å². The highest BCUT2D eigenvalue weighted by Gasteiger charge is 2.19. The molecule has 1 unspecified atom stereocenters. The lowest BCUT2D eigenvalue weighted by Crippen LogP contribution is -2.21. The van der Waals surface area contributed by atoms with Crippen LogP contribution in [0.25, 0.3) is 0 Å². The molecule has 1 aliphatic carbocycles. The Bertz CT molecular complexity index is 907. The molecule has 0 amide bonds. The smallest absolute Gasteiger partial charge is 0.227 e. The molecule has 0 spiro atoms. The molecular weight excluding hydrogens is 386 g/mol. The van der Waals surface area contributed by atoms with Gasteiger partial charge in [0, 0.05) is 25.3 Å². The molecule has 0 N–H and O–H groups in total. The molecule has 0 radical (unpaired) electrons. The van der Waals surface area contributed by atoms with Crippen LogP contribution in [-0.2, 0) is 4.79 Å². The number of Topliss-reactive ketones (excluding diaryl/α,β-unsaturated/α-hetero) is 1. The van der Waals surface area contributed by atoms with Gasteiger partial charge in [0.05, 0.1) is 17.0 Å². The van der Waals surface area contributed by atoms with Gasteiger partial charge >= 0.3 is 0 Å². The lowest BCUT2D eigenvalue weighted by molar-refractivity contribution is -0.113. The Morgan fingerprint density at radius 1 is 1.26 bits per heavy atom. The van der Waals surface area contributed by atoms with Gasteiger partial charge in [-0.15, -0.1) is 0 Å². The molecule has 1 atom stereocenters. The number of allylic oxidation sites excluding steroid dienone is 4. The van der Waals surface area contributed by atoms with E-state index in [1.807, 2.05) is 25.3 Å². The number of ketones is 1. The Balaban J connectivity index is 2.06. The van der Waals surface area contributed by atoms with Gasteiger partial charge in [-0.3, -0.25) is 9.79 Å². The normalized spacial score (nSPS) is 19.2. The zero-order valence-electron chi connectivity index (χ0n) is 19.4. The van der Waals surface area contributed by atoms with Crippen molar-refractivity contribution in [3.63, 3.8) is 0 Å². The molecule has 6 nitrogen and oxygen atoms in total. The van der Waals surface area contributed by atoms with E-state index in [2.05, 4.69) is 24.8 Å². The second-order valence-electron chi connectivity index (χ2n) is 8.37. The first-order valence-corrected chi connectivity index (χ1v) is 11.6. The molecule has 0 saturated carbocycles. The van der Waals surface area contributed by atoms with Gasteiger partial charge in [-0.1, -0.05) is 26.3 Å². The predicted octanol–water partition coefficient (Wildman–Crippen LogP) is 5.32. The van der Waals surface area contributed by atoms with Crippen molar-refractivity contribution in [2.24, 2.45) is 9.98 Å². The minimum atomic E-state index is 0.0974. The van der Waals surface area contributed by atoms with Gasteiger partial charge in [0.1, 0.15) is 0 Å². The van der Waals surface area contributed by atoms with Crippen molar-refractivity contribution in [2.45, 2.75) is 78.7 Å². The molecule has 166 valence electrons. The summed E-state index contributed by atoms with van der Waals surface area (Å²) < 4.78 is 0. The Hall–Kier alpha value is -2.63. The summed E-state index contributed by atoms with van der Waals surface area (Å²) >= 11 is 0. The van der Waals surface area contributed by atoms with Crippen molar-refractivity contribution >= 4 is 29.5 Å². The van der Waals surface area contributed by atoms with Crippen molar-refractivity contribution in [1.82, 2.24) is 9.97 Å². The number of anilines is 1. The molecule has 6 heteroatoms. The zero-order valence-corrected chi connectivity index (χ0v) is 19.4. The van der Waals surface area contributed by atoms with E-state index in [1.165, 1.54) is 0 Å². The maximum Gasteiger partial charge on any atom is 0.227 e. The van der Waals surface area contributed by atoms with Crippen LogP contribution in [0.3, 0.4) is 0 Å². The number of aromatic nitrogens is 2. The lowest BCUT2D eigenvalue weighted by Gasteiger charge is -2.17. The van der Waals surface area contributed by atoms with E-state index in [4.69, 9.17) is 20.0 Å². The number of carbonyl (C=O) groups is 1. The largest absolute Gasteiger partial charge is 0.341 e. The molecule has 3 rings (SSSR count). The van der Waals surface area contributed by atoms with Crippen molar-refractivity contribution in [3.05, 3.63) is 35.1 Å². The number of nitrogens with zero attached hydrogens (tertiary/aromatic N) is 5. The van der Waals surface area contributed by atoms with Gasteiger partial charge in [0.25, 0.3) is 0 Å². The summed E-state index contributed by atoms with van der Waals surface area (Å²) in [5, 5.41) is 0. The highest BCUT2D eigenvalue weighted by atomic mass is 16.1. The zero-order chi connectivity index (χ0) is 22.2. The van der Waals surface area contributed by atoms with Crippen molar-refractivity contribution in [1.29, 1.82) is 0 Å². The van der Waals surface area contributed by atoms with Gasteiger partial charge in [-0.05, 0) is 70.1 Å². The van der Waals surface area contributed by atoms with Crippen LogP contribution in [-0.4, -0.2) is 46.8 Å². The summed E-state index contributed by atoms with van der Waals surface area (Å²) in [6, 6.07) is 0.296. The lowest BCUT2D eigenvalue weighted by atomic mass is 10.1. The topological polar surface area (TPSA) is 70.8 Å². The number of carbonyl (C=O) groups excluding carboxylic acids is 1. The highest BCUT2D eigenvalue weighted by Crippen LogP contribution is 2.25. The van der Waals surface area contributed by atoms with Crippen LogP contribution >= 0.6 is 0 Å². The molecule has 1 aromatic heterocycles. The summed E-state index contributed by atoms with van der Waals surface area (Å²) in [6.07, 6.45) is 15.0. The van der Waals surface area contributed by atoms with E-state index in [1.54, 1.807) is 6.92 Å². The third-order valence-corrected chi connectivity index (χ3v) is 5.88. The number of hydrogen-bond donors (Lipinski definition) is 0. The molecule has 1 aliphatic heterocycles. The van der Waals surface area contributed by atoms with E-state index in [-0.39, 0.29) is 5.78 Å². The van der Waals surface area contributed by atoms with E-state index in [0.29, 0.717) is 11.9 Å². The molecule has 2 heterocycles. The first kappa shape index (κ1) is 23.0. The Morgan fingerprint density at radius 2 is 2.03 bits per heavy atom. The number of hydrogen-bond acceptors (Lipinski definition) is 6. The molecule has 0 aromatic carbocycles. The molecule has 1 aromatic rings. The third kappa shape index (κ3) is 6.18. The summed E-state index contributed by atoms with van der Waals surface area (Å²) in [4.78, 5) is 33.5. The van der Waals surface area contributed by atoms with Crippen molar-refractivity contribution in [3.8, 4) is 0 Å². The first-order valence-electron chi connectivity index (χ1n) is 11.6. The first-order chi connectivity index (χ1) is 15.0. The molecule has 0 bridgehead atoms. The maximum absolute atomic E-state index is 12.0. The second kappa shape index (κ2) is 11.1. The SMILES string of the molecule is CCCC(CC)N=Cc1c(C)nc(N2CCCC2)nc1N=C1C=CCCC(C(C)=O)=C1. The molecule has 1 fully saturated rings. The van der Waals surface area contributed by atoms with Crippen LogP contribution in [0, 0.1) is 6.92 Å². The summed E-state index contributed by atoms with van der Waals surface area (Å²) in [6.45, 7) is 9.94. The van der Waals surface area contributed by atoms with E-state index in [9.17, 15) is 4.79 Å². The summed E-state index contributed by atoms with van der Waals surface area (Å²) in [5.74, 6) is 1.46. The number of aliphatic imine (C=N–C) groups is 2.